The third kappa shape index (κ3) is 3.96. The van der Waals surface area contributed by atoms with E-state index in [4.69, 9.17) is 4.74 Å². The molecule has 1 atom stereocenters. The van der Waals surface area contributed by atoms with Gasteiger partial charge >= 0.3 is 5.97 Å². The van der Waals surface area contributed by atoms with Crippen molar-refractivity contribution in [3.63, 3.8) is 0 Å². The molecule has 6 heteroatoms. The Labute approximate surface area is 175 Å². The first kappa shape index (κ1) is 20.8. The Morgan fingerprint density at radius 3 is 2.69 bits per heavy atom. The number of rotatable bonds is 5. The zero-order valence-electron chi connectivity index (χ0n) is 16.9. The van der Waals surface area contributed by atoms with Gasteiger partial charge in [0.15, 0.2) is 0 Å². The lowest BCUT2D eigenvalue weighted by Gasteiger charge is -2.31. The first-order valence-corrected chi connectivity index (χ1v) is 10.5. The largest absolute Gasteiger partial charge is 0.462 e. The van der Waals surface area contributed by atoms with E-state index in [-0.39, 0.29) is 12.5 Å². The van der Waals surface area contributed by atoms with Gasteiger partial charge in [-0.3, -0.25) is 4.79 Å². The van der Waals surface area contributed by atoms with Crippen molar-refractivity contribution in [2.24, 2.45) is 0 Å². The van der Waals surface area contributed by atoms with Crippen LogP contribution in [0.15, 0.2) is 42.0 Å². The Balaban J connectivity index is 2.04. The number of nitrogens with zero attached hydrogens (tertiary/aromatic N) is 1. The topological polar surface area (TPSA) is 79.2 Å². The molecule has 0 aliphatic heterocycles. The Kier molecular flexibility index (Phi) is 6.19. The number of nitriles is 1. The summed E-state index contributed by atoms with van der Waals surface area (Å²) in [6.45, 7) is 5.54. The van der Waals surface area contributed by atoms with E-state index in [0.29, 0.717) is 35.4 Å². The number of hydrogen-bond donors (Lipinski definition) is 1. The fourth-order valence-corrected chi connectivity index (χ4v) is 4.97. The number of esters is 1. The van der Waals surface area contributed by atoms with E-state index in [1.54, 1.807) is 26.8 Å². The minimum absolute atomic E-state index is 0.244. The third-order valence-corrected chi connectivity index (χ3v) is 6.54. The van der Waals surface area contributed by atoms with Crippen LogP contribution in [0.3, 0.4) is 0 Å². The highest BCUT2D eigenvalue weighted by Crippen LogP contribution is 2.45. The summed E-state index contributed by atoms with van der Waals surface area (Å²) in [5, 5.41) is 13.4. The summed E-state index contributed by atoms with van der Waals surface area (Å²) in [4.78, 5) is 26.0. The summed E-state index contributed by atoms with van der Waals surface area (Å²) in [5.74, 6) is -0.672. The number of nitrogens with one attached hydrogen (secondary N) is 1. The van der Waals surface area contributed by atoms with Crippen LogP contribution in [-0.4, -0.2) is 18.5 Å². The third-order valence-electron chi connectivity index (χ3n) is 5.39. The standard InChI is InChI=1S/C23H24N2O3S/c1-4-15(3)20(26)25-21-19(22(27)28-5-2)17-11-12-23(14-24,13-18(17)29-21)16-9-7-6-8-10-16/h4,6-10H,5,11-13H2,1-3H3,(H,25,26)/b15-4+. The van der Waals surface area contributed by atoms with Crippen LogP contribution >= 0.6 is 11.3 Å². The first-order chi connectivity index (χ1) is 14.0. The molecule has 1 N–H and O–H groups in total. The molecule has 1 aliphatic carbocycles. The second kappa shape index (κ2) is 8.62. The van der Waals surface area contributed by atoms with Crippen LogP contribution in [0.1, 0.15) is 53.6 Å². The van der Waals surface area contributed by atoms with Crippen LogP contribution in [0.25, 0.3) is 0 Å². The van der Waals surface area contributed by atoms with Crippen LogP contribution in [0.2, 0.25) is 0 Å². The van der Waals surface area contributed by atoms with Gasteiger partial charge in [-0.2, -0.15) is 5.26 Å². The predicted octanol–water partition coefficient (Wildman–Crippen LogP) is 4.78. The molecule has 0 bridgehead atoms. The normalized spacial score (nSPS) is 18.5. The average Bonchev–Trinajstić information content (AvgIpc) is 3.10. The molecule has 5 nitrogen and oxygen atoms in total. The maximum Gasteiger partial charge on any atom is 0.341 e. The summed E-state index contributed by atoms with van der Waals surface area (Å²) in [7, 11) is 0. The fraction of sp³-hybridized carbons (Fsp3) is 0.348. The lowest BCUT2D eigenvalue weighted by Crippen LogP contribution is -2.31. The van der Waals surface area contributed by atoms with Gasteiger partial charge in [-0.05, 0) is 44.7 Å². The Morgan fingerprint density at radius 1 is 1.34 bits per heavy atom. The lowest BCUT2D eigenvalue weighted by molar-refractivity contribution is -0.112. The maximum absolute atomic E-state index is 12.7. The van der Waals surface area contributed by atoms with Gasteiger partial charge in [-0.1, -0.05) is 36.4 Å². The molecule has 0 saturated heterocycles. The number of anilines is 1. The minimum atomic E-state index is -0.633. The van der Waals surface area contributed by atoms with Crippen LogP contribution in [0.5, 0.6) is 0 Å². The summed E-state index contributed by atoms with van der Waals surface area (Å²) >= 11 is 1.37. The Morgan fingerprint density at radius 2 is 2.07 bits per heavy atom. The molecule has 2 aromatic rings. The zero-order valence-corrected chi connectivity index (χ0v) is 17.7. The molecular weight excluding hydrogens is 384 g/mol. The summed E-state index contributed by atoms with van der Waals surface area (Å²) < 4.78 is 5.26. The van der Waals surface area contributed by atoms with Crippen molar-refractivity contribution in [1.82, 2.24) is 0 Å². The van der Waals surface area contributed by atoms with Gasteiger partial charge < -0.3 is 10.1 Å². The van der Waals surface area contributed by atoms with Gasteiger partial charge in [-0.15, -0.1) is 11.3 Å². The number of thiophene rings is 1. The van der Waals surface area contributed by atoms with Crippen molar-refractivity contribution in [1.29, 1.82) is 5.26 Å². The van der Waals surface area contributed by atoms with E-state index < -0.39 is 11.4 Å². The second-order valence-electron chi connectivity index (χ2n) is 7.09. The van der Waals surface area contributed by atoms with Gasteiger partial charge in [0, 0.05) is 16.9 Å². The van der Waals surface area contributed by atoms with Gasteiger partial charge in [0.25, 0.3) is 5.91 Å². The van der Waals surface area contributed by atoms with Crippen LogP contribution in [0.4, 0.5) is 5.00 Å². The summed E-state index contributed by atoms with van der Waals surface area (Å²) in [6.07, 6.45) is 3.44. The number of benzene rings is 1. The Hall–Kier alpha value is -2.91. The van der Waals surface area contributed by atoms with E-state index in [1.165, 1.54) is 11.3 Å². The van der Waals surface area contributed by atoms with Crippen LogP contribution in [-0.2, 0) is 27.8 Å². The maximum atomic E-state index is 12.7. The molecule has 1 unspecified atom stereocenters. The van der Waals surface area contributed by atoms with Crippen molar-refractivity contribution in [2.75, 3.05) is 11.9 Å². The molecule has 150 valence electrons. The lowest BCUT2D eigenvalue weighted by atomic mass is 9.70. The van der Waals surface area contributed by atoms with Crippen molar-refractivity contribution in [3.05, 3.63) is 63.5 Å². The van der Waals surface area contributed by atoms with E-state index >= 15 is 0 Å². The molecule has 29 heavy (non-hydrogen) atoms. The molecule has 0 radical (unpaired) electrons. The molecule has 1 heterocycles. The summed E-state index contributed by atoms with van der Waals surface area (Å²) in [6, 6.07) is 12.3. The number of allylic oxidation sites excluding steroid dienone is 1. The average molecular weight is 409 g/mol. The van der Waals surface area contributed by atoms with E-state index in [0.717, 1.165) is 16.0 Å². The highest BCUT2D eigenvalue weighted by atomic mass is 32.1. The number of ether oxygens (including phenoxy) is 1. The van der Waals surface area contributed by atoms with Crippen LogP contribution in [0, 0.1) is 11.3 Å². The highest BCUT2D eigenvalue weighted by molar-refractivity contribution is 7.17. The molecule has 3 rings (SSSR count). The molecule has 1 aromatic carbocycles. The second-order valence-corrected chi connectivity index (χ2v) is 8.20. The zero-order chi connectivity index (χ0) is 21.0. The minimum Gasteiger partial charge on any atom is -0.462 e. The Bertz CT molecular complexity index is 1000. The van der Waals surface area contributed by atoms with Crippen molar-refractivity contribution in [3.8, 4) is 6.07 Å². The number of carbonyl (C=O) groups excluding carboxylic acids is 2. The molecular formula is C23H24N2O3S. The van der Waals surface area contributed by atoms with Gasteiger partial charge in [0.05, 0.1) is 23.7 Å². The molecule has 0 saturated carbocycles. The molecule has 0 spiro atoms. The van der Waals surface area contributed by atoms with Gasteiger partial charge in [0.1, 0.15) is 5.00 Å². The van der Waals surface area contributed by atoms with E-state index in [9.17, 15) is 14.9 Å². The first-order valence-electron chi connectivity index (χ1n) is 9.68. The fourth-order valence-electron chi connectivity index (χ4n) is 3.62. The molecule has 1 amide bonds. The van der Waals surface area contributed by atoms with Gasteiger partial charge in [0.2, 0.25) is 0 Å². The van der Waals surface area contributed by atoms with Crippen molar-refractivity contribution < 1.29 is 14.3 Å². The molecule has 1 aliphatic rings. The monoisotopic (exact) mass is 408 g/mol. The van der Waals surface area contributed by atoms with E-state index in [1.807, 2.05) is 30.3 Å². The van der Waals surface area contributed by atoms with Crippen LogP contribution < -0.4 is 5.32 Å². The summed E-state index contributed by atoms with van der Waals surface area (Å²) in [5.41, 5.74) is 2.25. The quantitative estimate of drug-likeness (QED) is 0.570. The number of carbonyl (C=O) groups is 2. The van der Waals surface area contributed by atoms with Crippen molar-refractivity contribution >= 4 is 28.2 Å². The van der Waals surface area contributed by atoms with E-state index in [2.05, 4.69) is 11.4 Å². The molecule has 1 aromatic heterocycles. The number of hydrogen-bond acceptors (Lipinski definition) is 5. The van der Waals surface area contributed by atoms with Crippen molar-refractivity contribution in [2.45, 2.75) is 45.4 Å². The highest BCUT2D eigenvalue weighted by Gasteiger charge is 2.40. The molecule has 0 fully saturated rings. The number of fused-ring (bicyclic) bond motifs is 1. The van der Waals surface area contributed by atoms with Gasteiger partial charge in [-0.25, -0.2) is 4.79 Å². The number of amides is 1. The smallest absolute Gasteiger partial charge is 0.341 e. The SMILES string of the molecule is C/C=C(\C)C(=O)Nc1sc2c(c1C(=O)OCC)CCC(C#N)(c1ccccc1)C2. The predicted molar refractivity (Wildman–Crippen MR) is 114 cm³/mol.